The zero-order chi connectivity index (χ0) is 22.8. The molecular weight excluding hydrogens is 419 g/mol. The van der Waals surface area contributed by atoms with Crippen molar-refractivity contribution < 1.29 is 13.6 Å². The van der Waals surface area contributed by atoms with Crippen molar-refractivity contribution in [1.82, 2.24) is 9.91 Å². The van der Waals surface area contributed by atoms with Gasteiger partial charge in [0.2, 0.25) is 0 Å². The molecule has 0 bridgehead atoms. The summed E-state index contributed by atoms with van der Waals surface area (Å²) < 4.78 is 19.8. The first-order valence-electron chi connectivity index (χ1n) is 11.3. The number of benzene rings is 2. The van der Waals surface area contributed by atoms with Crippen molar-refractivity contribution in [2.75, 3.05) is 37.6 Å². The maximum absolute atomic E-state index is 14.1. The lowest BCUT2D eigenvalue weighted by molar-refractivity contribution is -0.134. The minimum atomic E-state index is -0.247. The van der Waals surface area contributed by atoms with E-state index in [4.69, 9.17) is 9.52 Å². The smallest absolute Gasteiger partial charge is 0.257 e. The average molecular weight is 447 g/mol. The van der Waals surface area contributed by atoms with E-state index in [2.05, 4.69) is 17.0 Å². The van der Waals surface area contributed by atoms with Gasteiger partial charge in [0, 0.05) is 32.6 Å². The van der Waals surface area contributed by atoms with Gasteiger partial charge < -0.3 is 9.32 Å². The molecule has 0 saturated carbocycles. The van der Waals surface area contributed by atoms with Gasteiger partial charge in [-0.15, -0.1) is 0 Å². The van der Waals surface area contributed by atoms with E-state index >= 15 is 0 Å². The van der Waals surface area contributed by atoms with Crippen LogP contribution in [-0.2, 0) is 4.79 Å². The van der Waals surface area contributed by atoms with Crippen molar-refractivity contribution in [3.8, 4) is 0 Å². The second kappa shape index (κ2) is 9.19. The monoisotopic (exact) mass is 446 g/mol. The third-order valence-electron chi connectivity index (χ3n) is 6.35. The lowest BCUT2D eigenvalue weighted by atomic mass is 10.0. The minimum Gasteiger partial charge on any atom is -0.467 e. The molecule has 5 rings (SSSR count). The molecule has 0 spiro atoms. The Hall–Kier alpha value is -3.45. The largest absolute Gasteiger partial charge is 0.467 e. The molecule has 0 radical (unpaired) electrons. The maximum Gasteiger partial charge on any atom is 0.257 e. The van der Waals surface area contributed by atoms with Crippen LogP contribution in [0.3, 0.4) is 0 Å². The summed E-state index contributed by atoms with van der Waals surface area (Å²) in [5.41, 5.74) is 3.70. The third kappa shape index (κ3) is 4.54. The molecule has 0 unspecified atom stereocenters. The third-order valence-corrected chi connectivity index (χ3v) is 6.35. The number of hydrogen-bond acceptors (Lipinski definition) is 5. The molecule has 2 aliphatic heterocycles. The number of aryl methyl sites for hydroxylation is 1. The van der Waals surface area contributed by atoms with Crippen molar-refractivity contribution in [1.29, 1.82) is 0 Å². The van der Waals surface area contributed by atoms with Crippen LogP contribution in [0.15, 0.2) is 76.4 Å². The molecule has 3 aromatic rings. The van der Waals surface area contributed by atoms with E-state index in [1.165, 1.54) is 11.6 Å². The molecule has 2 aromatic carbocycles. The quantitative estimate of drug-likeness (QED) is 0.589. The summed E-state index contributed by atoms with van der Waals surface area (Å²) in [5, 5.41) is 6.30. The number of para-hydroxylation sites is 1. The molecular formula is C26H27FN4O2. The van der Waals surface area contributed by atoms with Crippen LogP contribution < -0.4 is 4.90 Å². The van der Waals surface area contributed by atoms with Gasteiger partial charge >= 0.3 is 0 Å². The van der Waals surface area contributed by atoms with Gasteiger partial charge in [-0.25, -0.2) is 9.40 Å². The molecule has 1 amide bonds. The average Bonchev–Trinajstić information content (AvgIpc) is 3.51. The van der Waals surface area contributed by atoms with E-state index in [-0.39, 0.29) is 24.3 Å². The van der Waals surface area contributed by atoms with E-state index in [0.29, 0.717) is 38.3 Å². The summed E-state index contributed by atoms with van der Waals surface area (Å²) >= 11 is 0. The first kappa shape index (κ1) is 21.4. The van der Waals surface area contributed by atoms with Crippen molar-refractivity contribution >= 4 is 17.3 Å². The van der Waals surface area contributed by atoms with Crippen molar-refractivity contribution in [2.24, 2.45) is 5.10 Å². The fraction of sp³-hybridized carbons (Fsp3) is 0.308. The van der Waals surface area contributed by atoms with E-state index < -0.39 is 0 Å². The van der Waals surface area contributed by atoms with Crippen LogP contribution in [0.25, 0.3) is 0 Å². The molecule has 0 N–H and O–H groups in total. The molecule has 0 aliphatic carbocycles. The second-order valence-corrected chi connectivity index (χ2v) is 8.60. The molecule has 3 heterocycles. The number of halogens is 1. The summed E-state index contributed by atoms with van der Waals surface area (Å²) in [6.07, 6.45) is 2.24. The fourth-order valence-electron chi connectivity index (χ4n) is 4.48. The van der Waals surface area contributed by atoms with Crippen LogP contribution >= 0.6 is 0 Å². The minimum absolute atomic E-state index is 0.0575. The predicted molar refractivity (Wildman–Crippen MR) is 126 cm³/mol. The maximum atomic E-state index is 14.1. The highest BCUT2D eigenvalue weighted by Gasteiger charge is 2.35. The van der Waals surface area contributed by atoms with Crippen LogP contribution in [0.2, 0.25) is 0 Å². The van der Waals surface area contributed by atoms with Crippen LogP contribution in [-0.4, -0.2) is 54.3 Å². The summed E-state index contributed by atoms with van der Waals surface area (Å²) in [5.74, 6) is 0.467. The van der Waals surface area contributed by atoms with Crippen molar-refractivity contribution in [3.05, 3.63) is 89.6 Å². The summed E-state index contributed by atoms with van der Waals surface area (Å²) in [6, 6.07) is 18.5. The highest BCUT2D eigenvalue weighted by molar-refractivity contribution is 6.03. The lowest BCUT2D eigenvalue weighted by Gasteiger charge is -2.36. The molecule has 6 nitrogen and oxygen atoms in total. The molecule has 33 heavy (non-hydrogen) atoms. The number of hydrogen-bond donors (Lipinski definition) is 0. The van der Waals surface area contributed by atoms with Gasteiger partial charge in [0.05, 0.1) is 24.2 Å². The van der Waals surface area contributed by atoms with Crippen LogP contribution in [0.1, 0.15) is 29.3 Å². The molecule has 1 atom stereocenters. The molecule has 2 aliphatic rings. The Labute approximate surface area is 192 Å². The molecule has 7 heteroatoms. The Morgan fingerprint density at radius 1 is 1.03 bits per heavy atom. The van der Waals surface area contributed by atoms with E-state index in [9.17, 15) is 9.18 Å². The van der Waals surface area contributed by atoms with Crippen LogP contribution in [0.5, 0.6) is 0 Å². The van der Waals surface area contributed by atoms with Gasteiger partial charge in [0.1, 0.15) is 17.6 Å². The van der Waals surface area contributed by atoms with Crippen molar-refractivity contribution in [2.45, 2.75) is 19.4 Å². The zero-order valence-electron chi connectivity index (χ0n) is 18.7. The van der Waals surface area contributed by atoms with E-state index in [1.54, 1.807) is 23.4 Å². The Morgan fingerprint density at radius 2 is 1.79 bits per heavy atom. The fourth-order valence-corrected chi connectivity index (χ4v) is 4.48. The lowest BCUT2D eigenvalue weighted by Crippen LogP contribution is -2.49. The predicted octanol–water partition coefficient (Wildman–Crippen LogP) is 4.23. The number of piperazine rings is 1. The first-order chi connectivity index (χ1) is 16.1. The van der Waals surface area contributed by atoms with Gasteiger partial charge in [-0.05, 0) is 36.8 Å². The number of anilines is 1. The van der Waals surface area contributed by atoms with Gasteiger partial charge in [0.15, 0.2) is 0 Å². The summed E-state index contributed by atoms with van der Waals surface area (Å²) in [4.78, 5) is 17.5. The number of rotatable bonds is 5. The van der Waals surface area contributed by atoms with Gasteiger partial charge in [-0.2, -0.15) is 5.10 Å². The Balaban J connectivity index is 1.28. The zero-order valence-corrected chi connectivity index (χ0v) is 18.7. The number of amides is 1. The van der Waals surface area contributed by atoms with Crippen molar-refractivity contribution in [3.63, 3.8) is 0 Å². The highest BCUT2D eigenvalue weighted by Crippen LogP contribution is 2.33. The Kier molecular flexibility index (Phi) is 5.96. The topological polar surface area (TPSA) is 52.3 Å². The number of nitrogens with zero attached hydrogens (tertiary/aromatic N) is 4. The SMILES string of the molecule is Cc1ccc(C2=NN(C(=O)CN3CCN(c4ccccc4F)CC3)[C@@H](c3ccco3)C2)cc1. The van der Waals surface area contributed by atoms with Crippen LogP contribution in [0, 0.1) is 12.7 Å². The summed E-state index contributed by atoms with van der Waals surface area (Å²) in [6.45, 7) is 5.05. The van der Waals surface area contributed by atoms with Gasteiger partial charge in [-0.1, -0.05) is 42.0 Å². The number of hydrazone groups is 1. The Bertz CT molecular complexity index is 1140. The van der Waals surface area contributed by atoms with Crippen LogP contribution in [0.4, 0.5) is 10.1 Å². The van der Waals surface area contributed by atoms with E-state index in [1.807, 2.05) is 42.2 Å². The first-order valence-corrected chi connectivity index (χ1v) is 11.3. The molecule has 1 saturated heterocycles. The molecule has 170 valence electrons. The standard InChI is InChI=1S/C26H27FN4O2/c1-19-8-10-20(11-9-19)22-17-24(25-7-4-16-33-25)31(28-22)26(32)18-29-12-14-30(15-13-29)23-6-3-2-5-21(23)27/h2-11,16,24H,12-15,17-18H2,1H3/t24-/m1/s1. The van der Waals surface area contributed by atoms with Gasteiger partial charge in [0.25, 0.3) is 5.91 Å². The summed E-state index contributed by atoms with van der Waals surface area (Å²) in [7, 11) is 0. The second-order valence-electron chi connectivity index (χ2n) is 8.60. The number of carbonyl (C=O) groups is 1. The number of furan rings is 1. The molecule has 1 fully saturated rings. The van der Waals surface area contributed by atoms with Gasteiger partial charge in [-0.3, -0.25) is 9.69 Å². The normalized spacial score (nSPS) is 19.1. The molecule has 1 aromatic heterocycles. The highest BCUT2D eigenvalue weighted by atomic mass is 19.1. The Morgan fingerprint density at radius 3 is 2.48 bits per heavy atom. The number of carbonyl (C=O) groups excluding carboxylic acids is 1. The van der Waals surface area contributed by atoms with E-state index in [0.717, 1.165) is 17.0 Å².